The third-order valence-electron chi connectivity index (χ3n) is 3.41. The minimum atomic E-state index is -0.302. The first kappa shape index (κ1) is 15.5. The van der Waals surface area contributed by atoms with Crippen LogP contribution in [0.4, 0.5) is 0 Å². The maximum absolute atomic E-state index is 10.1. The van der Waals surface area contributed by atoms with E-state index in [1.807, 2.05) is 6.07 Å². The van der Waals surface area contributed by atoms with E-state index in [9.17, 15) is 15.3 Å². The molecule has 0 fully saturated rings. The van der Waals surface area contributed by atoms with Gasteiger partial charge in [-0.15, -0.1) is 0 Å². The van der Waals surface area contributed by atoms with Gasteiger partial charge in [-0.1, -0.05) is 23.7 Å². The zero-order valence-electron chi connectivity index (χ0n) is 11.5. The molecule has 0 spiro atoms. The van der Waals surface area contributed by atoms with Crippen LogP contribution in [0.1, 0.15) is 16.7 Å². The number of nitrogens with two attached hydrogens (primary N) is 1. The monoisotopic (exact) mass is 307 g/mol. The van der Waals surface area contributed by atoms with Crippen molar-refractivity contribution in [3.05, 3.63) is 52.0 Å². The van der Waals surface area contributed by atoms with Crippen molar-refractivity contribution in [1.29, 1.82) is 0 Å². The van der Waals surface area contributed by atoms with Crippen LogP contribution in [-0.2, 0) is 19.3 Å². The fourth-order valence-electron chi connectivity index (χ4n) is 2.36. The Morgan fingerprint density at radius 3 is 2.38 bits per heavy atom. The highest BCUT2D eigenvalue weighted by Gasteiger charge is 2.15. The van der Waals surface area contributed by atoms with Crippen molar-refractivity contribution in [2.24, 2.45) is 5.73 Å². The smallest absolute Gasteiger partial charge is 0.176 e. The molecule has 112 valence electrons. The Hall–Kier alpha value is -1.91. The predicted octanol–water partition coefficient (Wildman–Crippen LogP) is 2.74. The minimum Gasteiger partial charge on any atom is -0.508 e. The number of hydrogen-bond acceptors (Lipinski definition) is 4. The van der Waals surface area contributed by atoms with Crippen LogP contribution >= 0.6 is 11.6 Å². The molecule has 2 aromatic carbocycles. The molecule has 2 rings (SSSR count). The fourth-order valence-corrected chi connectivity index (χ4v) is 2.58. The van der Waals surface area contributed by atoms with Gasteiger partial charge in [-0.25, -0.2) is 0 Å². The topological polar surface area (TPSA) is 86.7 Å². The molecule has 5 heteroatoms. The van der Waals surface area contributed by atoms with E-state index < -0.39 is 0 Å². The van der Waals surface area contributed by atoms with Gasteiger partial charge in [0, 0.05) is 5.56 Å². The van der Waals surface area contributed by atoms with Crippen LogP contribution in [0.5, 0.6) is 17.2 Å². The van der Waals surface area contributed by atoms with Crippen molar-refractivity contribution < 1.29 is 15.3 Å². The molecule has 0 saturated heterocycles. The van der Waals surface area contributed by atoms with E-state index in [2.05, 4.69) is 0 Å². The summed E-state index contributed by atoms with van der Waals surface area (Å²) in [5, 5.41) is 29.4. The van der Waals surface area contributed by atoms with Gasteiger partial charge in [-0.3, -0.25) is 0 Å². The number of halogens is 1. The third-order valence-corrected chi connectivity index (χ3v) is 3.70. The summed E-state index contributed by atoms with van der Waals surface area (Å²) < 4.78 is 0. The van der Waals surface area contributed by atoms with Gasteiger partial charge < -0.3 is 21.1 Å². The van der Waals surface area contributed by atoms with Crippen molar-refractivity contribution in [3.63, 3.8) is 0 Å². The van der Waals surface area contributed by atoms with Gasteiger partial charge in [-0.05, 0) is 55.1 Å². The largest absolute Gasteiger partial charge is 0.508 e. The van der Waals surface area contributed by atoms with Crippen LogP contribution in [-0.4, -0.2) is 21.9 Å². The van der Waals surface area contributed by atoms with E-state index in [0.717, 1.165) is 11.1 Å². The molecule has 0 saturated carbocycles. The lowest BCUT2D eigenvalue weighted by atomic mass is 9.96. The highest BCUT2D eigenvalue weighted by Crippen LogP contribution is 2.39. The maximum Gasteiger partial charge on any atom is 0.176 e. The van der Waals surface area contributed by atoms with E-state index in [0.29, 0.717) is 31.4 Å². The molecule has 0 atom stereocenters. The van der Waals surface area contributed by atoms with Gasteiger partial charge >= 0.3 is 0 Å². The summed E-state index contributed by atoms with van der Waals surface area (Å²) in [5.41, 5.74) is 8.00. The average Bonchev–Trinajstić information content (AvgIpc) is 2.45. The summed E-state index contributed by atoms with van der Waals surface area (Å²) in [5.74, 6) is -0.285. The molecule has 0 unspecified atom stereocenters. The van der Waals surface area contributed by atoms with Gasteiger partial charge in [0.05, 0.1) is 5.02 Å². The normalized spacial score (nSPS) is 10.8. The molecule has 0 radical (unpaired) electrons. The van der Waals surface area contributed by atoms with E-state index in [4.69, 9.17) is 17.3 Å². The summed E-state index contributed by atoms with van der Waals surface area (Å²) >= 11 is 5.88. The quantitative estimate of drug-likeness (QED) is 0.640. The molecule has 4 nitrogen and oxygen atoms in total. The van der Waals surface area contributed by atoms with E-state index in [1.54, 1.807) is 24.3 Å². The molecule has 0 aromatic heterocycles. The van der Waals surface area contributed by atoms with Crippen LogP contribution in [0.3, 0.4) is 0 Å². The summed E-state index contributed by atoms with van der Waals surface area (Å²) in [7, 11) is 0. The van der Waals surface area contributed by atoms with Crippen LogP contribution in [0.15, 0.2) is 30.3 Å². The van der Waals surface area contributed by atoms with Crippen LogP contribution in [0.25, 0.3) is 0 Å². The first-order valence-corrected chi connectivity index (χ1v) is 7.11. The molecule has 5 N–H and O–H groups in total. The minimum absolute atomic E-state index is 0.122. The Bertz CT molecular complexity index is 644. The number of hydrogen-bond donors (Lipinski definition) is 4. The van der Waals surface area contributed by atoms with Crippen molar-refractivity contribution in [3.8, 4) is 17.2 Å². The lowest BCUT2D eigenvalue weighted by Gasteiger charge is -2.14. The number of rotatable bonds is 5. The number of aromatic hydroxyl groups is 3. The Morgan fingerprint density at radius 2 is 1.71 bits per heavy atom. The molecule has 2 aromatic rings. The van der Waals surface area contributed by atoms with E-state index in [-0.39, 0.29) is 22.3 Å². The van der Waals surface area contributed by atoms with Crippen molar-refractivity contribution in [2.75, 3.05) is 6.54 Å². The molecule has 0 heterocycles. The predicted molar refractivity (Wildman–Crippen MR) is 83.1 cm³/mol. The zero-order valence-corrected chi connectivity index (χ0v) is 12.3. The molecule has 0 aliphatic carbocycles. The van der Waals surface area contributed by atoms with Crippen LogP contribution in [0.2, 0.25) is 5.02 Å². The van der Waals surface area contributed by atoms with E-state index in [1.165, 1.54) is 0 Å². The molecule has 0 amide bonds. The number of aryl methyl sites for hydroxylation is 1. The molecule has 0 aliphatic rings. The van der Waals surface area contributed by atoms with Crippen LogP contribution < -0.4 is 5.73 Å². The molecular weight excluding hydrogens is 290 g/mol. The Morgan fingerprint density at radius 1 is 0.952 bits per heavy atom. The van der Waals surface area contributed by atoms with Crippen molar-refractivity contribution in [2.45, 2.75) is 19.3 Å². The second-order valence-corrected chi connectivity index (χ2v) is 5.31. The van der Waals surface area contributed by atoms with Crippen molar-refractivity contribution in [1.82, 2.24) is 0 Å². The summed E-state index contributed by atoms with van der Waals surface area (Å²) in [4.78, 5) is 0. The number of benzene rings is 2. The van der Waals surface area contributed by atoms with Gasteiger partial charge in [-0.2, -0.15) is 0 Å². The lowest BCUT2D eigenvalue weighted by Crippen LogP contribution is -2.06. The zero-order chi connectivity index (χ0) is 15.4. The standard InChI is InChI=1S/C16H18ClNO3/c17-14-9-11(6-7-18)13(15(20)16(14)21)5-4-10-2-1-3-12(19)8-10/h1-3,8-9,19-21H,4-7,18H2. The summed E-state index contributed by atoms with van der Waals surface area (Å²) in [6.07, 6.45) is 1.72. The van der Waals surface area contributed by atoms with E-state index >= 15 is 0 Å². The van der Waals surface area contributed by atoms with Crippen molar-refractivity contribution >= 4 is 11.6 Å². The highest BCUT2D eigenvalue weighted by molar-refractivity contribution is 6.32. The maximum atomic E-state index is 10.1. The molecule has 0 aliphatic heterocycles. The second-order valence-electron chi connectivity index (χ2n) is 4.90. The van der Waals surface area contributed by atoms with Gasteiger partial charge in [0.25, 0.3) is 0 Å². The van der Waals surface area contributed by atoms with Gasteiger partial charge in [0.1, 0.15) is 5.75 Å². The number of phenols is 3. The van der Waals surface area contributed by atoms with Gasteiger partial charge in [0.15, 0.2) is 11.5 Å². The lowest BCUT2D eigenvalue weighted by molar-refractivity contribution is 0.398. The van der Waals surface area contributed by atoms with Crippen LogP contribution in [0, 0.1) is 0 Å². The Balaban J connectivity index is 2.28. The molecular formula is C16H18ClNO3. The Labute approximate surface area is 128 Å². The second kappa shape index (κ2) is 6.70. The summed E-state index contributed by atoms with van der Waals surface area (Å²) in [6.45, 7) is 0.430. The average molecular weight is 308 g/mol. The first-order valence-electron chi connectivity index (χ1n) is 6.73. The third kappa shape index (κ3) is 3.60. The fraction of sp³-hybridized carbons (Fsp3) is 0.250. The Kier molecular flexibility index (Phi) is 4.94. The summed E-state index contributed by atoms with van der Waals surface area (Å²) in [6, 6.07) is 8.59. The number of phenolic OH excluding ortho intramolecular Hbond substituents is 3. The highest BCUT2D eigenvalue weighted by atomic mass is 35.5. The molecule has 0 bridgehead atoms. The van der Waals surface area contributed by atoms with Gasteiger partial charge in [0.2, 0.25) is 0 Å². The first-order chi connectivity index (χ1) is 10.0. The SMILES string of the molecule is NCCc1cc(Cl)c(O)c(O)c1CCc1cccc(O)c1. The molecule has 21 heavy (non-hydrogen) atoms.